The van der Waals surface area contributed by atoms with E-state index in [0.29, 0.717) is 38.0 Å². The number of likely N-dealkylation sites (tertiary alicyclic amines) is 2. The number of aromatic nitrogens is 2. The van der Waals surface area contributed by atoms with Crippen LogP contribution in [0.3, 0.4) is 0 Å². The summed E-state index contributed by atoms with van der Waals surface area (Å²) in [6, 6.07) is 0.319. The molecule has 3 heterocycles. The molecule has 1 N–H and O–H groups in total. The number of hydrogen-bond donors (Lipinski definition) is 1. The van der Waals surface area contributed by atoms with Crippen molar-refractivity contribution in [1.82, 2.24) is 24.7 Å². The van der Waals surface area contributed by atoms with Crippen molar-refractivity contribution in [3.63, 3.8) is 0 Å². The maximum atomic E-state index is 12.6. The number of imidazole rings is 1. The van der Waals surface area contributed by atoms with E-state index in [2.05, 4.69) is 31.7 Å². The van der Waals surface area contributed by atoms with Crippen LogP contribution in [0.1, 0.15) is 32.7 Å². The van der Waals surface area contributed by atoms with Crippen LogP contribution in [0.4, 0.5) is 13.2 Å². The van der Waals surface area contributed by atoms with Crippen molar-refractivity contribution in [3.05, 3.63) is 18.7 Å². The summed E-state index contributed by atoms with van der Waals surface area (Å²) in [5, 5.41) is 3.43. The molecular weight excluding hydrogens is 357 g/mol. The van der Waals surface area contributed by atoms with E-state index >= 15 is 0 Å². The van der Waals surface area contributed by atoms with E-state index in [-0.39, 0.29) is 6.04 Å². The largest absolute Gasteiger partial charge is 0.401 e. The van der Waals surface area contributed by atoms with E-state index < -0.39 is 12.7 Å². The topological polar surface area (TPSA) is 48.7 Å². The number of piperidine rings is 1. The average molecular weight is 386 g/mol. The number of nitrogens with zero attached hydrogens (tertiary/aromatic N) is 5. The van der Waals surface area contributed by atoms with Gasteiger partial charge in [-0.25, -0.2) is 4.98 Å². The second kappa shape index (κ2) is 8.50. The molecule has 0 aliphatic carbocycles. The number of alkyl halides is 3. The third-order valence-corrected chi connectivity index (χ3v) is 5.44. The fourth-order valence-electron chi connectivity index (χ4n) is 4.01. The molecule has 0 bridgehead atoms. The van der Waals surface area contributed by atoms with Gasteiger partial charge >= 0.3 is 6.18 Å². The zero-order valence-electron chi connectivity index (χ0n) is 16.0. The Bertz CT molecular complexity index is 615. The predicted octanol–water partition coefficient (Wildman–Crippen LogP) is 2.37. The van der Waals surface area contributed by atoms with Gasteiger partial charge in [-0.05, 0) is 25.7 Å². The molecule has 1 aromatic rings. The van der Waals surface area contributed by atoms with Gasteiger partial charge in [0.1, 0.15) is 0 Å². The molecule has 0 spiro atoms. The monoisotopic (exact) mass is 386 g/mol. The van der Waals surface area contributed by atoms with Gasteiger partial charge in [0.25, 0.3) is 0 Å². The van der Waals surface area contributed by atoms with Crippen LogP contribution < -0.4 is 5.32 Å². The number of nitrogens with one attached hydrogen (secondary N) is 1. The van der Waals surface area contributed by atoms with Gasteiger partial charge < -0.3 is 14.8 Å². The Hall–Kier alpha value is -1.77. The second-order valence-electron chi connectivity index (χ2n) is 7.57. The third kappa shape index (κ3) is 5.37. The Labute approximate surface area is 158 Å². The third-order valence-electron chi connectivity index (χ3n) is 5.44. The van der Waals surface area contributed by atoms with E-state index in [4.69, 9.17) is 0 Å². The Morgan fingerprint density at radius 3 is 2.74 bits per heavy atom. The molecule has 6 nitrogen and oxygen atoms in total. The molecule has 3 atom stereocenters. The molecule has 2 fully saturated rings. The van der Waals surface area contributed by atoms with Gasteiger partial charge in [-0.3, -0.25) is 9.89 Å². The van der Waals surface area contributed by atoms with E-state index in [9.17, 15) is 13.2 Å². The molecular formula is C18H29F3N6. The first kappa shape index (κ1) is 20.0. The van der Waals surface area contributed by atoms with Gasteiger partial charge in [-0.15, -0.1) is 0 Å². The summed E-state index contributed by atoms with van der Waals surface area (Å²) in [5.74, 6) is 1.35. The van der Waals surface area contributed by atoms with E-state index in [0.717, 1.165) is 25.5 Å². The average Bonchev–Trinajstić information content (AvgIpc) is 3.26. The fourth-order valence-corrected chi connectivity index (χ4v) is 4.01. The first-order valence-corrected chi connectivity index (χ1v) is 9.68. The van der Waals surface area contributed by atoms with Gasteiger partial charge in [0.2, 0.25) is 0 Å². The van der Waals surface area contributed by atoms with Crippen molar-refractivity contribution in [2.45, 2.75) is 44.9 Å². The van der Waals surface area contributed by atoms with Crippen LogP contribution >= 0.6 is 0 Å². The van der Waals surface area contributed by atoms with Gasteiger partial charge in [-0.2, -0.15) is 13.2 Å². The standard InChI is InChI=1S/C18H29F3N6/c1-3-23-17(24-15-5-7-25(10-15)12-18(19,20)21)26-8-4-14(2)16(11-26)27-9-6-22-13-27/h6,9,13-16H,3-5,7-8,10-12H2,1-2H3,(H,23,24). The summed E-state index contributed by atoms with van der Waals surface area (Å²) in [5.41, 5.74) is 0. The molecule has 152 valence electrons. The van der Waals surface area contributed by atoms with Crippen molar-refractivity contribution in [1.29, 1.82) is 0 Å². The molecule has 2 aliphatic rings. The van der Waals surface area contributed by atoms with Gasteiger partial charge in [0, 0.05) is 51.2 Å². The lowest BCUT2D eigenvalue weighted by Gasteiger charge is -2.40. The van der Waals surface area contributed by atoms with Gasteiger partial charge in [0.15, 0.2) is 5.96 Å². The minimum absolute atomic E-state index is 0.00342. The highest BCUT2D eigenvalue weighted by Gasteiger charge is 2.35. The van der Waals surface area contributed by atoms with Crippen LogP contribution in [0.5, 0.6) is 0 Å². The van der Waals surface area contributed by atoms with Gasteiger partial charge in [-0.1, -0.05) is 6.92 Å². The van der Waals surface area contributed by atoms with Crippen LogP contribution in [-0.4, -0.2) is 76.8 Å². The lowest BCUT2D eigenvalue weighted by atomic mass is 9.93. The summed E-state index contributed by atoms with van der Waals surface area (Å²) in [7, 11) is 0. The molecule has 3 rings (SSSR count). The van der Waals surface area contributed by atoms with Crippen molar-refractivity contribution in [3.8, 4) is 0 Å². The molecule has 0 aromatic carbocycles. The Kier molecular flexibility index (Phi) is 6.29. The van der Waals surface area contributed by atoms with Crippen LogP contribution in [0, 0.1) is 5.92 Å². The first-order valence-electron chi connectivity index (χ1n) is 9.68. The molecule has 0 radical (unpaired) electrons. The quantitative estimate of drug-likeness (QED) is 0.638. The summed E-state index contributed by atoms with van der Waals surface area (Å²) < 4.78 is 40.0. The lowest BCUT2D eigenvalue weighted by molar-refractivity contribution is -0.143. The molecule has 1 aromatic heterocycles. The Morgan fingerprint density at radius 1 is 1.26 bits per heavy atom. The summed E-state index contributed by atoms with van der Waals surface area (Å²) in [4.78, 5) is 12.5. The number of guanidine groups is 1. The van der Waals surface area contributed by atoms with Crippen molar-refractivity contribution in [2.75, 3.05) is 39.3 Å². The number of halogens is 3. The molecule has 0 saturated carbocycles. The van der Waals surface area contributed by atoms with Crippen LogP contribution in [0.15, 0.2) is 23.7 Å². The maximum absolute atomic E-state index is 12.6. The van der Waals surface area contributed by atoms with Crippen LogP contribution in [-0.2, 0) is 0 Å². The zero-order chi connectivity index (χ0) is 19.4. The normalized spacial score (nSPS) is 28.0. The number of hydrogen-bond acceptors (Lipinski definition) is 3. The molecule has 27 heavy (non-hydrogen) atoms. The second-order valence-corrected chi connectivity index (χ2v) is 7.57. The lowest BCUT2D eigenvalue weighted by Crippen LogP contribution is -2.52. The molecule has 2 aliphatic heterocycles. The minimum atomic E-state index is -4.14. The Balaban J connectivity index is 1.61. The van der Waals surface area contributed by atoms with Crippen LogP contribution in [0.2, 0.25) is 0 Å². The fraction of sp³-hybridized carbons (Fsp3) is 0.778. The smallest absolute Gasteiger partial charge is 0.352 e. The SMILES string of the molecule is CCN=C(NC1CCN(CC(F)(F)F)C1)N1CCC(C)C(n2ccnc2)C1. The molecule has 2 saturated heterocycles. The van der Waals surface area contributed by atoms with Gasteiger partial charge in [0.05, 0.1) is 18.9 Å². The Morgan fingerprint density at radius 2 is 2.07 bits per heavy atom. The molecule has 0 amide bonds. The van der Waals surface area contributed by atoms with E-state index in [1.54, 1.807) is 6.20 Å². The van der Waals surface area contributed by atoms with Crippen molar-refractivity contribution < 1.29 is 13.2 Å². The highest BCUT2D eigenvalue weighted by atomic mass is 19.4. The van der Waals surface area contributed by atoms with Crippen molar-refractivity contribution in [2.24, 2.45) is 10.9 Å². The number of aliphatic imine (C=N–C) groups is 1. The predicted molar refractivity (Wildman–Crippen MR) is 98.6 cm³/mol. The van der Waals surface area contributed by atoms with E-state index in [1.807, 2.05) is 19.4 Å². The first-order chi connectivity index (χ1) is 12.9. The summed E-state index contributed by atoms with van der Waals surface area (Å²) >= 11 is 0. The molecule has 9 heteroatoms. The summed E-state index contributed by atoms with van der Waals surface area (Å²) in [6.45, 7) is 6.62. The van der Waals surface area contributed by atoms with Crippen LogP contribution in [0.25, 0.3) is 0 Å². The highest BCUT2D eigenvalue weighted by molar-refractivity contribution is 5.80. The summed E-state index contributed by atoms with van der Waals surface area (Å²) in [6.07, 6.45) is 3.22. The maximum Gasteiger partial charge on any atom is 0.401 e. The number of rotatable bonds is 4. The minimum Gasteiger partial charge on any atom is -0.352 e. The van der Waals surface area contributed by atoms with E-state index in [1.165, 1.54) is 4.90 Å². The van der Waals surface area contributed by atoms with Crippen molar-refractivity contribution >= 4 is 5.96 Å². The highest BCUT2D eigenvalue weighted by Crippen LogP contribution is 2.27. The molecule has 3 unspecified atom stereocenters. The zero-order valence-corrected chi connectivity index (χ0v) is 16.0.